The molecule has 1 saturated heterocycles. The maximum atomic E-state index is 12.6. The highest BCUT2D eigenvalue weighted by Crippen LogP contribution is 2.27. The van der Waals surface area contributed by atoms with Gasteiger partial charge in [0.15, 0.2) is 0 Å². The zero-order valence-corrected chi connectivity index (χ0v) is 12.7. The molecule has 1 aromatic carbocycles. The van der Waals surface area contributed by atoms with Gasteiger partial charge in [-0.3, -0.25) is 0 Å². The third kappa shape index (κ3) is 2.89. The normalized spacial score (nSPS) is 18.1. The van der Waals surface area contributed by atoms with Crippen LogP contribution in [0.15, 0.2) is 23.1 Å². The van der Waals surface area contributed by atoms with Gasteiger partial charge in [-0.25, -0.2) is 8.42 Å². The van der Waals surface area contributed by atoms with Crippen LogP contribution in [-0.4, -0.2) is 57.5 Å². The highest BCUT2D eigenvalue weighted by atomic mass is 32.2. The largest absolute Gasteiger partial charge is 0.497 e. The van der Waals surface area contributed by atoms with Gasteiger partial charge in [0.05, 0.1) is 12.8 Å². The number of ether oxygens (including phenoxy) is 1. The van der Waals surface area contributed by atoms with Crippen molar-refractivity contribution >= 4 is 15.7 Å². The average Bonchev–Trinajstić information content (AvgIpc) is 2.46. The van der Waals surface area contributed by atoms with Crippen molar-refractivity contribution in [3.63, 3.8) is 0 Å². The molecule has 0 saturated carbocycles. The van der Waals surface area contributed by atoms with Gasteiger partial charge in [-0.15, -0.1) is 0 Å². The van der Waals surface area contributed by atoms with E-state index < -0.39 is 10.0 Å². The number of nitrogen functional groups attached to an aromatic ring is 1. The van der Waals surface area contributed by atoms with E-state index >= 15 is 0 Å². The van der Waals surface area contributed by atoms with E-state index in [1.807, 2.05) is 0 Å². The van der Waals surface area contributed by atoms with Gasteiger partial charge in [-0.2, -0.15) is 4.31 Å². The van der Waals surface area contributed by atoms with Gasteiger partial charge < -0.3 is 15.4 Å². The van der Waals surface area contributed by atoms with E-state index in [-0.39, 0.29) is 10.6 Å². The van der Waals surface area contributed by atoms with Crippen molar-refractivity contribution in [3.8, 4) is 5.75 Å². The van der Waals surface area contributed by atoms with Crippen LogP contribution in [-0.2, 0) is 10.0 Å². The summed E-state index contributed by atoms with van der Waals surface area (Å²) in [7, 11) is -2.00. The Labute approximate surface area is 120 Å². The van der Waals surface area contributed by atoms with Gasteiger partial charge in [-0.05, 0) is 18.7 Å². The van der Waals surface area contributed by atoms with Crippen LogP contribution in [0.3, 0.4) is 0 Å². The molecule has 0 radical (unpaired) electrons. The van der Waals surface area contributed by atoms with Crippen LogP contribution in [0.5, 0.6) is 5.75 Å². The van der Waals surface area contributed by atoms with E-state index in [9.17, 15) is 8.42 Å². The average molecular weight is 299 g/mol. The lowest BCUT2D eigenvalue weighted by Crippen LogP contribution is -2.48. The molecule has 1 aliphatic rings. The quantitative estimate of drug-likeness (QED) is 0.824. The third-order valence-electron chi connectivity index (χ3n) is 3.61. The van der Waals surface area contributed by atoms with Gasteiger partial charge in [0.25, 0.3) is 0 Å². The summed E-state index contributed by atoms with van der Waals surface area (Å²) < 4.78 is 31.7. The van der Waals surface area contributed by atoms with E-state index in [2.05, 4.69) is 11.8 Å². The van der Waals surface area contributed by atoms with Crippen LogP contribution in [0.25, 0.3) is 0 Å². The first-order chi connectivity index (χ1) is 9.48. The molecule has 0 aromatic heterocycles. The first kappa shape index (κ1) is 15.1. The fraction of sp³-hybridized carbons (Fsp3) is 0.538. The van der Waals surface area contributed by atoms with Crippen molar-refractivity contribution in [2.75, 3.05) is 45.6 Å². The Morgan fingerprint density at radius 3 is 2.40 bits per heavy atom. The van der Waals surface area contributed by atoms with E-state index in [1.165, 1.54) is 23.5 Å². The number of methoxy groups -OCH3 is 1. The summed E-state index contributed by atoms with van der Waals surface area (Å²) in [5.74, 6) is 0.553. The second-order valence-electron chi connectivity index (χ2n) is 4.74. The molecular formula is C13H21N3O3S. The Morgan fingerprint density at radius 2 is 1.90 bits per heavy atom. The highest BCUT2D eigenvalue weighted by Gasteiger charge is 2.29. The minimum absolute atomic E-state index is 0.156. The van der Waals surface area contributed by atoms with Crippen molar-refractivity contribution in [1.29, 1.82) is 0 Å². The lowest BCUT2D eigenvalue weighted by atomic mass is 10.3. The van der Waals surface area contributed by atoms with Crippen molar-refractivity contribution in [3.05, 3.63) is 18.2 Å². The molecule has 1 aliphatic heterocycles. The summed E-state index contributed by atoms with van der Waals surface area (Å²) in [5, 5.41) is 0. The monoisotopic (exact) mass is 299 g/mol. The number of hydrogen-bond acceptors (Lipinski definition) is 5. The number of piperazine rings is 1. The third-order valence-corrected chi connectivity index (χ3v) is 5.59. The van der Waals surface area contributed by atoms with Crippen LogP contribution in [0.1, 0.15) is 6.92 Å². The van der Waals surface area contributed by atoms with Crippen molar-refractivity contribution < 1.29 is 13.2 Å². The van der Waals surface area contributed by atoms with Gasteiger partial charge >= 0.3 is 0 Å². The summed E-state index contributed by atoms with van der Waals surface area (Å²) >= 11 is 0. The predicted octanol–water partition coefficient (Wildman–Crippen LogP) is 0.604. The SMILES string of the molecule is CCN1CCN(S(=O)(=O)c2ccc(OC)cc2N)CC1. The maximum Gasteiger partial charge on any atom is 0.245 e. The zero-order valence-electron chi connectivity index (χ0n) is 11.9. The topological polar surface area (TPSA) is 75.9 Å². The molecule has 0 bridgehead atoms. The molecule has 0 atom stereocenters. The second-order valence-corrected chi connectivity index (χ2v) is 6.65. The summed E-state index contributed by atoms with van der Waals surface area (Å²) in [6, 6.07) is 4.66. The van der Waals surface area contributed by atoms with E-state index in [4.69, 9.17) is 10.5 Å². The molecule has 2 rings (SSSR count). The van der Waals surface area contributed by atoms with E-state index in [0.29, 0.717) is 18.8 Å². The first-order valence-electron chi connectivity index (χ1n) is 6.65. The molecule has 112 valence electrons. The Morgan fingerprint density at radius 1 is 1.25 bits per heavy atom. The lowest BCUT2D eigenvalue weighted by Gasteiger charge is -2.33. The van der Waals surface area contributed by atoms with Crippen LogP contribution in [0.4, 0.5) is 5.69 Å². The zero-order chi connectivity index (χ0) is 14.8. The minimum Gasteiger partial charge on any atom is -0.497 e. The Hall–Kier alpha value is -1.31. The molecule has 1 fully saturated rings. The smallest absolute Gasteiger partial charge is 0.245 e. The second kappa shape index (κ2) is 5.99. The first-order valence-corrected chi connectivity index (χ1v) is 8.09. The minimum atomic E-state index is -3.52. The molecule has 0 aliphatic carbocycles. The highest BCUT2D eigenvalue weighted by molar-refractivity contribution is 7.89. The van der Waals surface area contributed by atoms with Crippen LogP contribution in [0.2, 0.25) is 0 Å². The molecule has 0 spiro atoms. The van der Waals surface area contributed by atoms with Crippen LogP contribution in [0, 0.1) is 0 Å². The number of rotatable bonds is 4. The summed E-state index contributed by atoms with van der Waals surface area (Å²) in [6.45, 7) is 5.53. The fourth-order valence-electron chi connectivity index (χ4n) is 2.31. The number of benzene rings is 1. The summed E-state index contributed by atoms with van der Waals surface area (Å²) in [4.78, 5) is 2.38. The standard InChI is InChI=1S/C13H21N3O3S/c1-3-15-6-8-16(9-7-15)20(17,18)13-5-4-11(19-2)10-12(13)14/h4-5,10H,3,6-9,14H2,1-2H3. The molecule has 6 nitrogen and oxygen atoms in total. The van der Waals surface area contributed by atoms with Gasteiger partial charge in [-0.1, -0.05) is 6.92 Å². The molecule has 1 aromatic rings. The van der Waals surface area contributed by atoms with Crippen molar-refractivity contribution in [2.24, 2.45) is 0 Å². The molecule has 0 unspecified atom stereocenters. The Balaban J connectivity index is 2.23. The Bertz CT molecular complexity index is 566. The summed E-state index contributed by atoms with van der Waals surface area (Å²) in [6.07, 6.45) is 0. The van der Waals surface area contributed by atoms with Crippen LogP contribution < -0.4 is 10.5 Å². The van der Waals surface area contributed by atoms with Crippen LogP contribution >= 0.6 is 0 Å². The number of sulfonamides is 1. The van der Waals surface area contributed by atoms with E-state index in [0.717, 1.165) is 19.6 Å². The van der Waals surface area contributed by atoms with Crippen molar-refractivity contribution in [2.45, 2.75) is 11.8 Å². The van der Waals surface area contributed by atoms with Crippen molar-refractivity contribution in [1.82, 2.24) is 9.21 Å². The van der Waals surface area contributed by atoms with Gasteiger partial charge in [0.2, 0.25) is 10.0 Å². The number of hydrogen-bond donors (Lipinski definition) is 1. The van der Waals surface area contributed by atoms with Gasteiger partial charge in [0.1, 0.15) is 10.6 Å². The molecule has 7 heteroatoms. The number of anilines is 1. The Kier molecular flexibility index (Phi) is 4.52. The number of likely N-dealkylation sites (N-methyl/N-ethyl adjacent to an activating group) is 1. The molecular weight excluding hydrogens is 278 g/mol. The lowest BCUT2D eigenvalue weighted by molar-refractivity contribution is 0.196. The summed E-state index contributed by atoms with van der Waals surface area (Å²) in [5.41, 5.74) is 6.07. The maximum absolute atomic E-state index is 12.6. The van der Waals surface area contributed by atoms with Gasteiger partial charge in [0, 0.05) is 32.2 Å². The fourth-order valence-corrected chi connectivity index (χ4v) is 3.83. The molecule has 1 heterocycles. The molecule has 0 amide bonds. The number of nitrogens with zero attached hydrogens (tertiary/aromatic N) is 2. The number of nitrogens with two attached hydrogens (primary N) is 1. The molecule has 2 N–H and O–H groups in total. The molecule has 20 heavy (non-hydrogen) atoms. The predicted molar refractivity (Wildman–Crippen MR) is 78.3 cm³/mol. The van der Waals surface area contributed by atoms with E-state index in [1.54, 1.807) is 6.07 Å².